The van der Waals surface area contributed by atoms with Crippen molar-refractivity contribution in [1.82, 2.24) is 10.3 Å². The van der Waals surface area contributed by atoms with Gasteiger partial charge >= 0.3 is 0 Å². The molecule has 1 aromatic heterocycles. The topological polar surface area (TPSA) is 42.0 Å². The van der Waals surface area contributed by atoms with Gasteiger partial charge in [-0.3, -0.25) is 4.79 Å². The average molecular weight is 260 g/mol. The molecule has 3 nitrogen and oxygen atoms in total. The molecule has 1 amide bonds. The quantitative estimate of drug-likeness (QED) is 0.920. The lowest BCUT2D eigenvalue weighted by Gasteiger charge is -2.13. The minimum Gasteiger partial charge on any atom is -0.350 e. The van der Waals surface area contributed by atoms with Crippen LogP contribution in [0.3, 0.4) is 0 Å². The number of aromatic nitrogens is 1. The van der Waals surface area contributed by atoms with Crippen molar-refractivity contribution >= 4 is 17.2 Å². The zero-order valence-electron chi connectivity index (χ0n) is 10.7. The van der Waals surface area contributed by atoms with E-state index in [1.807, 2.05) is 19.4 Å². The van der Waals surface area contributed by atoms with Crippen LogP contribution in [0.4, 0.5) is 0 Å². The number of benzene rings is 1. The second-order valence-electron chi connectivity index (χ2n) is 4.31. The molecule has 1 unspecified atom stereocenters. The van der Waals surface area contributed by atoms with E-state index in [0.29, 0.717) is 0 Å². The number of hydrogen-bond acceptors (Lipinski definition) is 3. The van der Waals surface area contributed by atoms with Gasteiger partial charge in [0, 0.05) is 6.92 Å². The fourth-order valence-electron chi connectivity index (χ4n) is 1.89. The average Bonchev–Trinajstić information content (AvgIpc) is 2.75. The second-order valence-corrected chi connectivity index (χ2v) is 5.17. The standard InChI is InChI=1S/C14H16N2OS/c1-9(16-11(3)17)12-4-6-13(7-5-12)14-10(2)15-8-18-14/h4-9H,1-3H3,(H,16,17). The van der Waals surface area contributed by atoms with Gasteiger partial charge in [0.1, 0.15) is 0 Å². The fourth-order valence-corrected chi connectivity index (χ4v) is 2.70. The summed E-state index contributed by atoms with van der Waals surface area (Å²) in [4.78, 5) is 16.5. The number of aryl methyl sites for hydroxylation is 1. The van der Waals surface area contributed by atoms with Crippen molar-refractivity contribution in [3.8, 4) is 10.4 Å². The van der Waals surface area contributed by atoms with Crippen molar-refractivity contribution in [2.75, 3.05) is 0 Å². The first-order chi connectivity index (χ1) is 8.58. The maximum Gasteiger partial charge on any atom is 0.217 e. The van der Waals surface area contributed by atoms with Crippen molar-refractivity contribution in [3.05, 3.63) is 41.0 Å². The predicted molar refractivity (Wildman–Crippen MR) is 74.5 cm³/mol. The van der Waals surface area contributed by atoms with Gasteiger partial charge in [-0.05, 0) is 25.0 Å². The van der Waals surface area contributed by atoms with E-state index >= 15 is 0 Å². The molecule has 0 aliphatic heterocycles. The van der Waals surface area contributed by atoms with E-state index in [4.69, 9.17) is 0 Å². The second kappa shape index (κ2) is 5.31. The molecule has 1 heterocycles. The van der Waals surface area contributed by atoms with Crippen LogP contribution in [0.5, 0.6) is 0 Å². The van der Waals surface area contributed by atoms with Crippen LogP contribution in [0.25, 0.3) is 10.4 Å². The molecule has 2 rings (SSSR count). The zero-order valence-corrected chi connectivity index (χ0v) is 11.5. The molecule has 1 atom stereocenters. The van der Waals surface area contributed by atoms with Gasteiger partial charge in [0.15, 0.2) is 0 Å². The molecule has 0 bridgehead atoms. The van der Waals surface area contributed by atoms with Crippen molar-refractivity contribution in [2.45, 2.75) is 26.8 Å². The van der Waals surface area contributed by atoms with Gasteiger partial charge in [-0.25, -0.2) is 4.98 Å². The Kier molecular flexibility index (Phi) is 3.77. The van der Waals surface area contributed by atoms with Gasteiger partial charge < -0.3 is 5.32 Å². The third kappa shape index (κ3) is 2.76. The van der Waals surface area contributed by atoms with Crippen LogP contribution in [0.1, 0.15) is 31.1 Å². The minimum absolute atomic E-state index is 0.00937. The summed E-state index contributed by atoms with van der Waals surface area (Å²) in [5, 5.41) is 2.88. The molecule has 1 N–H and O–H groups in total. The van der Waals surface area contributed by atoms with Crippen LogP contribution < -0.4 is 5.32 Å². The summed E-state index contributed by atoms with van der Waals surface area (Å²) in [5.41, 5.74) is 5.20. The molecule has 0 saturated carbocycles. The summed E-state index contributed by atoms with van der Waals surface area (Å²) in [5.74, 6) is -0.00937. The van der Waals surface area contributed by atoms with Crippen LogP contribution in [-0.4, -0.2) is 10.9 Å². The molecule has 0 fully saturated rings. The Balaban J connectivity index is 2.20. The van der Waals surface area contributed by atoms with Crippen LogP contribution in [0, 0.1) is 6.92 Å². The molecule has 18 heavy (non-hydrogen) atoms. The van der Waals surface area contributed by atoms with Crippen molar-refractivity contribution in [2.24, 2.45) is 0 Å². The van der Waals surface area contributed by atoms with E-state index in [9.17, 15) is 4.79 Å². The summed E-state index contributed by atoms with van der Waals surface area (Å²) in [6.07, 6.45) is 0. The normalized spacial score (nSPS) is 12.2. The van der Waals surface area contributed by atoms with Gasteiger partial charge in [0.2, 0.25) is 5.91 Å². The van der Waals surface area contributed by atoms with Crippen molar-refractivity contribution < 1.29 is 4.79 Å². The van der Waals surface area contributed by atoms with E-state index in [1.165, 1.54) is 17.4 Å². The largest absolute Gasteiger partial charge is 0.350 e. The number of thiazole rings is 1. The molecule has 1 aromatic carbocycles. The molecule has 0 aliphatic carbocycles. The third-order valence-electron chi connectivity index (χ3n) is 2.84. The maximum atomic E-state index is 11.0. The Morgan fingerprint density at radius 1 is 1.33 bits per heavy atom. The van der Waals surface area contributed by atoms with E-state index in [-0.39, 0.29) is 11.9 Å². The maximum absolute atomic E-state index is 11.0. The lowest BCUT2D eigenvalue weighted by molar-refractivity contribution is -0.119. The Hall–Kier alpha value is -1.68. The van der Waals surface area contributed by atoms with E-state index in [0.717, 1.165) is 11.3 Å². The highest BCUT2D eigenvalue weighted by Crippen LogP contribution is 2.28. The number of nitrogens with one attached hydrogen (secondary N) is 1. The van der Waals surface area contributed by atoms with E-state index in [1.54, 1.807) is 11.3 Å². The highest BCUT2D eigenvalue weighted by atomic mass is 32.1. The van der Waals surface area contributed by atoms with Crippen LogP contribution in [0.15, 0.2) is 29.8 Å². The van der Waals surface area contributed by atoms with Gasteiger partial charge in [0.05, 0.1) is 22.1 Å². The van der Waals surface area contributed by atoms with Crippen molar-refractivity contribution in [1.29, 1.82) is 0 Å². The molecule has 2 aromatic rings. The first-order valence-electron chi connectivity index (χ1n) is 5.85. The smallest absolute Gasteiger partial charge is 0.217 e. The summed E-state index contributed by atoms with van der Waals surface area (Å²) in [6, 6.07) is 8.30. The summed E-state index contributed by atoms with van der Waals surface area (Å²) < 4.78 is 0. The van der Waals surface area contributed by atoms with Gasteiger partial charge in [-0.2, -0.15) is 0 Å². The molecular weight excluding hydrogens is 244 g/mol. The lowest BCUT2D eigenvalue weighted by atomic mass is 10.0. The third-order valence-corrected chi connectivity index (χ3v) is 3.82. The molecule has 0 saturated heterocycles. The monoisotopic (exact) mass is 260 g/mol. The number of amides is 1. The lowest BCUT2D eigenvalue weighted by Crippen LogP contribution is -2.23. The number of carbonyl (C=O) groups excluding carboxylic acids is 1. The van der Waals surface area contributed by atoms with Gasteiger partial charge in [0.25, 0.3) is 0 Å². The van der Waals surface area contributed by atoms with Crippen LogP contribution in [-0.2, 0) is 4.79 Å². The SMILES string of the molecule is CC(=O)NC(C)c1ccc(-c2scnc2C)cc1. The minimum atomic E-state index is -0.00937. The predicted octanol–water partition coefficient (Wildman–Crippen LogP) is 3.32. The Morgan fingerprint density at radius 2 is 2.00 bits per heavy atom. The van der Waals surface area contributed by atoms with Gasteiger partial charge in [-0.15, -0.1) is 11.3 Å². The highest BCUT2D eigenvalue weighted by molar-refractivity contribution is 7.13. The van der Waals surface area contributed by atoms with Crippen LogP contribution in [0.2, 0.25) is 0 Å². The molecule has 0 aliphatic rings. The fraction of sp³-hybridized carbons (Fsp3) is 0.286. The Labute approximate surface area is 111 Å². The molecule has 94 valence electrons. The number of rotatable bonds is 3. The number of nitrogens with zero attached hydrogens (tertiary/aromatic N) is 1. The van der Waals surface area contributed by atoms with Crippen LogP contribution >= 0.6 is 11.3 Å². The zero-order chi connectivity index (χ0) is 13.1. The molecule has 0 radical (unpaired) electrons. The summed E-state index contributed by atoms with van der Waals surface area (Å²) in [6.45, 7) is 5.53. The summed E-state index contributed by atoms with van der Waals surface area (Å²) >= 11 is 1.65. The Morgan fingerprint density at radius 3 is 2.50 bits per heavy atom. The molecular formula is C14H16N2OS. The van der Waals surface area contributed by atoms with Gasteiger partial charge in [-0.1, -0.05) is 24.3 Å². The van der Waals surface area contributed by atoms with E-state index < -0.39 is 0 Å². The van der Waals surface area contributed by atoms with E-state index in [2.05, 4.69) is 34.6 Å². The first-order valence-corrected chi connectivity index (χ1v) is 6.73. The van der Waals surface area contributed by atoms with Crippen molar-refractivity contribution in [3.63, 3.8) is 0 Å². The molecule has 4 heteroatoms. The summed E-state index contributed by atoms with van der Waals surface area (Å²) in [7, 11) is 0. The first kappa shape index (κ1) is 12.8. The highest BCUT2D eigenvalue weighted by Gasteiger charge is 2.08. The Bertz CT molecular complexity index is 545. The molecule has 0 spiro atoms. The number of carbonyl (C=O) groups is 1. The number of hydrogen-bond donors (Lipinski definition) is 1.